The molecule has 1 aromatic heterocycles. The van der Waals surface area contributed by atoms with Crippen LogP contribution in [0.2, 0.25) is 0 Å². The summed E-state index contributed by atoms with van der Waals surface area (Å²) in [6.07, 6.45) is 3.51. The summed E-state index contributed by atoms with van der Waals surface area (Å²) >= 11 is 0. The number of ketones is 2. The van der Waals surface area contributed by atoms with Crippen LogP contribution in [0.4, 0.5) is 0 Å². The first kappa shape index (κ1) is 11.5. The Bertz CT molecular complexity index is 539. The molecule has 0 saturated heterocycles. The van der Waals surface area contributed by atoms with E-state index in [9.17, 15) is 9.59 Å². The van der Waals surface area contributed by atoms with Crippen LogP contribution in [0.5, 0.6) is 0 Å². The normalized spacial score (nSPS) is 16.2. The van der Waals surface area contributed by atoms with Gasteiger partial charge >= 0.3 is 0 Å². The van der Waals surface area contributed by atoms with Gasteiger partial charge in [-0.2, -0.15) is 0 Å². The molecule has 0 fully saturated rings. The van der Waals surface area contributed by atoms with Crippen molar-refractivity contribution in [2.75, 3.05) is 0 Å². The molecule has 1 aliphatic carbocycles. The smallest absolute Gasteiger partial charge is 0.184 e. The maximum absolute atomic E-state index is 11.9. The molecule has 0 N–H and O–H groups in total. The molecule has 17 heavy (non-hydrogen) atoms. The summed E-state index contributed by atoms with van der Waals surface area (Å²) in [5, 5.41) is 0. The van der Waals surface area contributed by atoms with Gasteiger partial charge in [-0.1, -0.05) is 6.07 Å². The van der Waals surface area contributed by atoms with Gasteiger partial charge in [0.2, 0.25) is 0 Å². The Morgan fingerprint density at radius 3 is 2.59 bits per heavy atom. The minimum Gasteiger partial charge on any atom is -0.290 e. The number of nitrogens with zero attached hydrogens (tertiary/aromatic N) is 1. The third-order valence-electron chi connectivity index (χ3n) is 2.88. The second-order valence-corrected chi connectivity index (χ2v) is 4.12. The van der Waals surface area contributed by atoms with Crippen LogP contribution in [0.1, 0.15) is 19.5 Å². The largest absolute Gasteiger partial charge is 0.290 e. The molecular weight excluding hydrogens is 214 g/mol. The van der Waals surface area contributed by atoms with Gasteiger partial charge in [-0.05, 0) is 32.1 Å². The maximum Gasteiger partial charge on any atom is 0.184 e. The molecule has 0 saturated carbocycles. The topological polar surface area (TPSA) is 47.0 Å². The lowest BCUT2D eigenvalue weighted by atomic mass is 9.89. The lowest BCUT2D eigenvalue weighted by Crippen LogP contribution is -2.18. The molecule has 2 rings (SSSR count). The Morgan fingerprint density at radius 2 is 1.94 bits per heavy atom. The van der Waals surface area contributed by atoms with Crippen LogP contribution in [0, 0.1) is 0 Å². The van der Waals surface area contributed by atoms with E-state index in [0.717, 1.165) is 5.69 Å². The van der Waals surface area contributed by atoms with Gasteiger partial charge in [0, 0.05) is 35.0 Å². The van der Waals surface area contributed by atoms with Gasteiger partial charge in [-0.25, -0.2) is 0 Å². The molecule has 0 radical (unpaired) electrons. The van der Waals surface area contributed by atoms with Crippen LogP contribution >= 0.6 is 0 Å². The molecule has 0 aliphatic heterocycles. The van der Waals surface area contributed by atoms with Crippen LogP contribution < -0.4 is 0 Å². The maximum atomic E-state index is 11.9. The average Bonchev–Trinajstić information content (AvgIpc) is 2.33. The SMILES string of the molecule is CC1=CC(=O)C(Cc2ccccn2)=C(C)C1=O. The summed E-state index contributed by atoms with van der Waals surface area (Å²) in [4.78, 5) is 27.8. The fourth-order valence-corrected chi connectivity index (χ4v) is 1.87. The zero-order chi connectivity index (χ0) is 12.4. The van der Waals surface area contributed by atoms with E-state index in [1.807, 2.05) is 18.2 Å². The Kier molecular flexibility index (Phi) is 3.00. The van der Waals surface area contributed by atoms with Crippen molar-refractivity contribution in [3.63, 3.8) is 0 Å². The molecule has 1 aliphatic rings. The fourth-order valence-electron chi connectivity index (χ4n) is 1.87. The molecule has 86 valence electrons. The third-order valence-corrected chi connectivity index (χ3v) is 2.88. The summed E-state index contributed by atoms with van der Waals surface area (Å²) in [5.41, 5.74) is 2.41. The standard InChI is InChI=1S/C14H13NO2/c1-9-7-13(16)12(10(2)14(9)17)8-11-5-3-4-6-15-11/h3-7H,8H2,1-2H3. The van der Waals surface area contributed by atoms with Crippen LogP contribution in [0.3, 0.4) is 0 Å². The Morgan fingerprint density at radius 1 is 1.18 bits per heavy atom. The lowest BCUT2D eigenvalue weighted by Gasteiger charge is -2.14. The van der Waals surface area contributed by atoms with Crippen molar-refractivity contribution in [3.8, 4) is 0 Å². The van der Waals surface area contributed by atoms with Crippen molar-refractivity contribution in [2.45, 2.75) is 20.3 Å². The quantitative estimate of drug-likeness (QED) is 0.726. The van der Waals surface area contributed by atoms with Crippen molar-refractivity contribution in [2.24, 2.45) is 0 Å². The fraction of sp³-hybridized carbons (Fsp3) is 0.214. The van der Waals surface area contributed by atoms with Crippen LogP contribution in [0.15, 0.2) is 47.2 Å². The molecule has 1 heterocycles. The summed E-state index contributed by atoms with van der Waals surface area (Å²) in [6.45, 7) is 3.37. The minimum atomic E-state index is -0.0785. The molecule has 0 aromatic carbocycles. The van der Waals surface area contributed by atoms with E-state index in [-0.39, 0.29) is 11.6 Å². The van der Waals surface area contributed by atoms with Gasteiger partial charge in [0.15, 0.2) is 11.6 Å². The van der Waals surface area contributed by atoms with Gasteiger partial charge in [-0.15, -0.1) is 0 Å². The Balaban J connectivity index is 2.33. The first-order chi connectivity index (χ1) is 8.09. The van der Waals surface area contributed by atoms with Crippen molar-refractivity contribution < 1.29 is 9.59 Å². The summed E-state index contributed by atoms with van der Waals surface area (Å²) in [5.74, 6) is -0.124. The van der Waals surface area contributed by atoms with E-state index >= 15 is 0 Å². The van der Waals surface area contributed by atoms with Crippen molar-refractivity contribution in [1.82, 2.24) is 4.98 Å². The second-order valence-electron chi connectivity index (χ2n) is 4.12. The predicted molar refractivity (Wildman–Crippen MR) is 64.4 cm³/mol. The monoisotopic (exact) mass is 227 g/mol. The average molecular weight is 227 g/mol. The van der Waals surface area contributed by atoms with Gasteiger partial charge in [0.25, 0.3) is 0 Å². The molecule has 0 amide bonds. The number of allylic oxidation sites excluding steroid dienone is 4. The van der Waals surface area contributed by atoms with E-state index in [2.05, 4.69) is 4.98 Å². The molecule has 3 nitrogen and oxygen atoms in total. The Labute approximate surface area is 99.9 Å². The van der Waals surface area contributed by atoms with Crippen LogP contribution in [-0.2, 0) is 16.0 Å². The van der Waals surface area contributed by atoms with Gasteiger partial charge in [0.05, 0.1) is 0 Å². The number of carbonyl (C=O) groups is 2. The van der Waals surface area contributed by atoms with Crippen molar-refractivity contribution in [1.29, 1.82) is 0 Å². The number of pyridine rings is 1. The van der Waals surface area contributed by atoms with Crippen LogP contribution in [0.25, 0.3) is 0 Å². The number of rotatable bonds is 2. The highest BCUT2D eigenvalue weighted by atomic mass is 16.1. The van der Waals surface area contributed by atoms with Gasteiger partial charge in [-0.3, -0.25) is 14.6 Å². The number of carbonyl (C=O) groups excluding carboxylic acids is 2. The number of hydrogen-bond acceptors (Lipinski definition) is 3. The van der Waals surface area contributed by atoms with E-state index in [4.69, 9.17) is 0 Å². The van der Waals surface area contributed by atoms with Crippen molar-refractivity contribution in [3.05, 3.63) is 52.9 Å². The Hall–Kier alpha value is -2.03. The molecule has 0 atom stereocenters. The van der Waals surface area contributed by atoms with Crippen molar-refractivity contribution >= 4 is 11.6 Å². The molecular formula is C14H13NO2. The van der Waals surface area contributed by atoms with E-state index < -0.39 is 0 Å². The highest BCUT2D eigenvalue weighted by Gasteiger charge is 2.23. The number of aromatic nitrogens is 1. The zero-order valence-electron chi connectivity index (χ0n) is 9.86. The predicted octanol–water partition coefficient (Wildman–Crippen LogP) is 2.04. The third kappa shape index (κ3) is 2.23. The van der Waals surface area contributed by atoms with E-state index in [1.54, 1.807) is 20.0 Å². The lowest BCUT2D eigenvalue weighted by molar-refractivity contribution is -0.115. The van der Waals surface area contributed by atoms with Gasteiger partial charge in [0.1, 0.15) is 0 Å². The highest BCUT2D eigenvalue weighted by Crippen LogP contribution is 2.21. The molecule has 0 unspecified atom stereocenters. The molecule has 1 aromatic rings. The summed E-state index contributed by atoms with van der Waals surface area (Å²) in [7, 11) is 0. The zero-order valence-corrected chi connectivity index (χ0v) is 9.86. The highest BCUT2D eigenvalue weighted by molar-refractivity contribution is 6.22. The van der Waals surface area contributed by atoms with Gasteiger partial charge < -0.3 is 0 Å². The second kappa shape index (κ2) is 4.45. The number of hydrogen-bond donors (Lipinski definition) is 0. The molecule has 0 spiro atoms. The number of Topliss-reactive ketones (excluding diaryl/α,β-unsaturated/α-hetero) is 1. The molecule has 0 bridgehead atoms. The molecule has 3 heteroatoms. The van der Waals surface area contributed by atoms with E-state index in [1.165, 1.54) is 6.08 Å². The first-order valence-electron chi connectivity index (χ1n) is 5.46. The minimum absolute atomic E-state index is 0.0458. The first-order valence-corrected chi connectivity index (χ1v) is 5.46. The summed E-state index contributed by atoms with van der Waals surface area (Å²) < 4.78 is 0. The van der Waals surface area contributed by atoms with E-state index in [0.29, 0.717) is 23.1 Å². The van der Waals surface area contributed by atoms with Crippen LogP contribution in [-0.4, -0.2) is 16.6 Å². The summed E-state index contributed by atoms with van der Waals surface area (Å²) in [6, 6.07) is 5.54.